The van der Waals surface area contributed by atoms with Gasteiger partial charge in [0.2, 0.25) is 0 Å². The summed E-state index contributed by atoms with van der Waals surface area (Å²) in [5.41, 5.74) is 4.02. The predicted octanol–water partition coefficient (Wildman–Crippen LogP) is 4.86. The first-order valence-corrected chi connectivity index (χ1v) is 11.3. The molecule has 132 valence electrons. The van der Waals surface area contributed by atoms with Gasteiger partial charge in [-0.1, -0.05) is 109 Å². The first kappa shape index (κ1) is 17.6. The highest BCUT2D eigenvalue weighted by Crippen LogP contribution is 2.16. The Morgan fingerprint density at radius 3 is 1.85 bits per heavy atom. The van der Waals surface area contributed by atoms with E-state index in [1.54, 1.807) is 0 Å². The van der Waals surface area contributed by atoms with Gasteiger partial charge in [-0.2, -0.15) is 0 Å². The summed E-state index contributed by atoms with van der Waals surface area (Å²) in [5.74, 6) is 0. The van der Waals surface area contributed by atoms with Gasteiger partial charge < -0.3 is 0 Å². The molecule has 0 heterocycles. The second-order valence-electron chi connectivity index (χ2n) is 6.92. The summed E-state index contributed by atoms with van der Waals surface area (Å²) in [7, 11) is -0.813. The lowest BCUT2D eigenvalue weighted by Crippen LogP contribution is -2.36. The predicted molar refractivity (Wildman–Crippen MR) is 121 cm³/mol. The lowest BCUT2D eigenvalue weighted by Gasteiger charge is -2.08. The van der Waals surface area contributed by atoms with Gasteiger partial charge in [0.1, 0.15) is 0 Å². The van der Waals surface area contributed by atoms with Crippen molar-refractivity contribution in [1.82, 2.24) is 0 Å². The van der Waals surface area contributed by atoms with Crippen LogP contribution in [0.15, 0.2) is 103 Å². The highest BCUT2D eigenvalue weighted by molar-refractivity contribution is 6.88. The Labute approximate surface area is 163 Å². The Kier molecular flexibility index (Phi) is 5.71. The highest BCUT2D eigenvalue weighted by atomic mass is 28.2. The monoisotopic (exact) mass is 364 g/mol. The molecule has 0 atom stereocenters. The Hall–Kier alpha value is -2.77. The number of unbranched alkanes of at least 4 members (excludes halogenated alkanes) is 1. The number of hydrogen-bond donors (Lipinski definition) is 0. The van der Waals surface area contributed by atoms with Crippen LogP contribution in [0.25, 0.3) is 10.8 Å². The molecule has 0 unspecified atom stereocenters. The Morgan fingerprint density at radius 2 is 1.19 bits per heavy atom. The maximum absolute atomic E-state index is 2.58. The minimum Gasteiger partial charge on any atom is -0.0953 e. The largest absolute Gasteiger partial charge is 0.0953 e. The standard InChI is InChI=1S/C26H24Si/c1-3-14-25(15-4-1)27(26-16-5-2-6-17-26)20-10-9-11-22-18-19-23-12-7-8-13-24(23)21-22/h1-8,12-21H,9-11H2. The molecular weight excluding hydrogens is 340 g/mol. The molecule has 0 spiro atoms. The van der Waals surface area contributed by atoms with Gasteiger partial charge >= 0.3 is 0 Å². The van der Waals surface area contributed by atoms with Crippen molar-refractivity contribution in [1.29, 1.82) is 0 Å². The van der Waals surface area contributed by atoms with Crippen LogP contribution in [0, 0.1) is 0 Å². The van der Waals surface area contributed by atoms with Crippen LogP contribution < -0.4 is 10.4 Å². The summed E-state index contributed by atoms with van der Waals surface area (Å²) in [5, 5.41) is 5.61. The minimum absolute atomic E-state index is 0.813. The van der Waals surface area contributed by atoms with E-state index in [1.165, 1.54) is 33.1 Å². The van der Waals surface area contributed by atoms with Gasteiger partial charge in [0.25, 0.3) is 0 Å². The Balaban J connectivity index is 1.48. The third-order valence-corrected chi connectivity index (χ3v) is 7.61. The van der Waals surface area contributed by atoms with Crippen LogP contribution >= 0.6 is 0 Å². The SMILES string of the molecule is C(CCCc1ccc2ccccc2c1)=[Si](c1ccccc1)c1ccccc1. The van der Waals surface area contributed by atoms with Gasteiger partial charge in [0, 0.05) is 0 Å². The molecule has 0 aliphatic rings. The van der Waals surface area contributed by atoms with E-state index in [4.69, 9.17) is 0 Å². The van der Waals surface area contributed by atoms with E-state index < -0.39 is 8.41 Å². The molecule has 27 heavy (non-hydrogen) atoms. The zero-order valence-corrected chi connectivity index (χ0v) is 16.5. The van der Waals surface area contributed by atoms with Crippen molar-refractivity contribution in [2.75, 3.05) is 0 Å². The maximum atomic E-state index is 2.58. The Morgan fingerprint density at radius 1 is 0.593 bits per heavy atom. The van der Waals surface area contributed by atoms with Crippen LogP contribution in [0.5, 0.6) is 0 Å². The second kappa shape index (κ2) is 8.74. The summed E-state index contributed by atoms with van der Waals surface area (Å²) >= 11 is 0. The molecule has 4 aromatic rings. The number of rotatable bonds is 6. The Bertz CT molecular complexity index is 992. The maximum Gasteiger partial charge on any atom is 0.0760 e. The second-order valence-corrected chi connectivity index (χ2v) is 9.31. The molecule has 0 aromatic heterocycles. The smallest absolute Gasteiger partial charge is 0.0760 e. The van der Waals surface area contributed by atoms with Crippen molar-refractivity contribution in [3.05, 3.63) is 109 Å². The summed E-state index contributed by atoms with van der Waals surface area (Å²) in [6.07, 6.45) is 3.50. The quantitative estimate of drug-likeness (QED) is 0.339. The molecule has 0 fully saturated rings. The first-order valence-electron chi connectivity index (χ1n) is 9.69. The fourth-order valence-corrected chi connectivity index (χ4v) is 5.99. The first-order chi connectivity index (χ1) is 13.4. The average molecular weight is 365 g/mol. The van der Waals surface area contributed by atoms with Crippen LogP contribution in [0.1, 0.15) is 18.4 Å². The molecule has 0 N–H and O–H groups in total. The molecule has 4 rings (SSSR count). The van der Waals surface area contributed by atoms with Crippen molar-refractivity contribution in [3.8, 4) is 0 Å². The van der Waals surface area contributed by atoms with Gasteiger partial charge in [-0.15, -0.1) is 0 Å². The normalized spacial score (nSPS) is 10.7. The van der Waals surface area contributed by atoms with Gasteiger partial charge in [-0.3, -0.25) is 0 Å². The minimum atomic E-state index is -0.813. The topological polar surface area (TPSA) is 0 Å². The molecule has 0 aliphatic carbocycles. The number of aryl methyl sites for hydroxylation is 1. The third kappa shape index (κ3) is 4.50. The van der Waals surface area contributed by atoms with E-state index in [0.717, 1.165) is 12.8 Å². The molecule has 0 amide bonds. The number of hydrogen-bond acceptors (Lipinski definition) is 0. The van der Waals surface area contributed by atoms with E-state index in [0.29, 0.717) is 0 Å². The van der Waals surface area contributed by atoms with E-state index in [-0.39, 0.29) is 0 Å². The molecule has 0 bridgehead atoms. The fourth-order valence-electron chi connectivity index (χ4n) is 3.58. The van der Waals surface area contributed by atoms with Crippen molar-refractivity contribution in [2.24, 2.45) is 0 Å². The number of fused-ring (bicyclic) bond motifs is 1. The van der Waals surface area contributed by atoms with Crippen molar-refractivity contribution < 1.29 is 0 Å². The zero-order valence-electron chi connectivity index (χ0n) is 15.5. The number of benzene rings is 4. The van der Waals surface area contributed by atoms with E-state index in [2.05, 4.69) is 109 Å². The zero-order chi connectivity index (χ0) is 18.3. The summed E-state index contributed by atoms with van der Waals surface area (Å²) in [6, 6.07) is 37.4. The van der Waals surface area contributed by atoms with Crippen LogP contribution in [0.2, 0.25) is 0 Å². The van der Waals surface area contributed by atoms with Crippen LogP contribution in [0.3, 0.4) is 0 Å². The van der Waals surface area contributed by atoms with Crippen molar-refractivity contribution >= 4 is 35.2 Å². The lowest BCUT2D eigenvalue weighted by molar-refractivity contribution is 0.879. The van der Waals surface area contributed by atoms with E-state index in [1.807, 2.05) is 0 Å². The molecule has 0 nitrogen and oxygen atoms in total. The van der Waals surface area contributed by atoms with Crippen molar-refractivity contribution in [3.63, 3.8) is 0 Å². The molecule has 1 heteroatoms. The van der Waals surface area contributed by atoms with Gasteiger partial charge in [-0.05, 0) is 46.0 Å². The van der Waals surface area contributed by atoms with Gasteiger partial charge in [0.15, 0.2) is 0 Å². The van der Waals surface area contributed by atoms with Crippen LogP contribution in [-0.2, 0) is 6.42 Å². The lowest BCUT2D eigenvalue weighted by atomic mass is 10.0. The van der Waals surface area contributed by atoms with Gasteiger partial charge in [0.05, 0.1) is 8.41 Å². The molecule has 0 saturated heterocycles. The average Bonchev–Trinajstić information content (AvgIpc) is 2.75. The molecule has 4 aromatic carbocycles. The summed E-state index contributed by atoms with van der Waals surface area (Å²) < 4.78 is 0. The van der Waals surface area contributed by atoms with E-state index >= 15 is 0 Å². The van der Waals surface area contributed by atoms with Gasteiger partial charge in [-0.25, -0.2) is 0 Å². The third-order valence-electron chi connectivity index (χ3n) is 5.00. The molecule has 0 radical (unpaired) electrons. The molecular formula is C26H24Si. The van der Waals surface area contributed by atoms with Crippen molar-refractivity contribution in [2.45, 2.75) is 19.3 Å². The van der Waals surface area contributed by atoms with Crippen LogP contribution in [-0.4, -0.2) is 14.1 Å². The summed E-state index contributed by atoms with van der Waals surface area (Å²) in [4.78, 5) is 0. The summed E-state index contributed by atoms with van der Waals surface area (Å²) in [6.45, 7) is 0. The highest BCUT2D eigenvalue weighted by Gasteiger charge is 2.05. The molecule has 0 saturated carbocycles. The fraction of sp³-hybridized carbons (Fsp3) is 0.115. The molecule has 0 aliphatic heterocycles. The van der Waals surface area contributed by atoms with E-state index in [9.17, 15) is 0 Å². The van der Waals surface area contributed by atoms with Crippen LogP contribution in [0.4, 0.5) is 0 Å².